The third-order valence-electron chi connectivity index (χ3n) is 2.62. The quantitative estimate of drug-likeness (QED) is 0.806. The van der Waals surface area contributed by atoms with Crippen LogP contribution >= 0.6 is 27.3 Å². The largest absolute Gasteiger partial charge is 0.392 e. The van der Waals surface area contributed by atoms with Crippen LogP contribution in [-0.4, -0.2) is 25.1 Å². The highest BCUT2D eigenvalue weighted by molar-refractivity contribution is 9.10. The summed E-state index contributed by atoms with van der Waals surface area (Å²) in [5.41, 5.74) is 3.12. The molecule has 20 heavy (non-hydrogen) atoms. The summed E-state index contributed by atoms with van der Waals surface area (Å²) in [6, 6.07) is 4.73. The maximum atomic E-state index is 12.2. The van der Waals surface area contributed by atoms with Crippen molar-refractivity contribution in [2.75, 3.05) is 6.54 Å². The van der Waals surface area contributed by atoms with E-state index in [-0.39, 0.29) is 18.0 Å². The number of rotatable bonds is 6. The number of aliphatic hydroxyl groups is 1. The van der Waals surface area contributed by atoms with Gasteiger partial charge in [0, 0.05) is 22.8 Å². The molecule has 108 valence electrons. The van der Waals surface area contributed by atoms with Gasteiger partial charge in [-0.25, -0.2) is 18.1 Å². The van der Waals surface area contributed by atoms with Crippen LogP contribution in [0.25, 0.3) is 0 Å². The Morgan fingerprint density at radius 3 is 2.85 bits per heavy atom. The second-order valence-corrected chi connectivity index (χ2v) is 7.36. The van der Waals surface area contributed by atoms with Crippen LogP contribution in [0.3, 0.4) is 0 Å². The molecule has 2 N–H and O–H groups in total. The number of aromatic nitrogens is 1. The minimum absolute atomic E-state index is 0.127. The van der Waals surface area contributed by atoms with Gasteiger partial charge in [-0.05, 0) is 33.6 Å². The maximum Gasteiger partial charge on any atom is 0.241 e. The second-order valence-electron chi connectivity index (χ2n) is 4.05. The second kappa shape index (κ2) is 6.77. The van der Waals surface area contributed by atoms with E-state index < -0.39 is 10.0 Å². The molecule has 0 bridgehead atoms. The molecule has 0 aliphatic rings. The van der Waals surface area contributed by atoms with Gasteiger partial charge in [-0.3, -0.25) is 0 Å². The van der Waals surface area contributed by atoms with Gasteiger partial charge in [0.1, 0.15) is 0 Å². The lowest BCUT2D eigenvalue weighted by Gasteiger charge is -2.09. The lowest BCUT2D eigenvalue weighted by atomic mass is 10.2. The van der Waals surface area contributed by atoms with Crippen molar-refractivity contribution < 1.29 is 13.5 Å². The lowest BCUT2D eigenvalue weighted by Crippen LogP contribution is -2.26. The van der Waals surface area contributed by atoms with E-state index in [0.29, 0.717) is 16.5 Å². The Morgan fingerprint density at radius 1 is 1.40 bits per heavy atom. The first-order valence-corrected chi connectivity index (χ1v) is 9.01. The Bertz CT molecular complexity index is 672. The van der Waals surface area contributed by atoms with Gasteiger partial charge in [0.25, 0.3) is 0 Å². The van der Waals surface area contributed by atoms with Gasteiger partial charge in [0.2, 0.25) is 10.0 Å². The lowest BCUT2D eigenvalue weighted by molar-refractivity contribution is 0.281. The molecule has 1 aromatic heterocycles. The van der Waals surface area contributed by atoms with Gasteiger partial charge in [-0.15, -0.1) is 11.3 Å². The highest BCUT2D eigenvalue weighted by Gasteiger charge is 2.17. The minimum Gasteiger partial charge on any atom is -0.392 e. The summed E-state index contributed by atoms with van der Waals surface area (Å²) in [5.74, 6) is 0. The summed E-state index contributed by atoms with van der Waals surface area (Å²) in [7, 11) is -3.61. The van der Waals surface area contributed by atoms with Crippen molar-refractivity contribution in [2.45, 2.75) is 17.9 Å². The number of benzene rings is 1. The van der Waals surface area contributed by atoms with Gasteiger partial charge >= 0.3 is 0 Å². The molecule has 5 nitrogen and oxygen atoms in total. The fraction of sp³-hybridized carbons (Fsp3) is 0.250. The summed E-state index contributed by atoms with van der Waals surface area (Å²) >= 11 is 4.69. The molecule has 2 aromatic rings. The Morgan fingerprint density at radius 2 is 2.20 bits per heavy atom. The fourth-order valence-corrected chi connectivity index (χ4v) is 4.24. The zero-order valence-electron chi connectivity index (χ0n) is 10.4. The van der Waals surface area contributed by atoms with Gasteiger partial charge < -0.3 is 5.11 Å². The Hall–Kier alpha value is -0.800. The zero-order chi connectivity index (χ0) is 14.6. The number of hydrogen-bond donors (Lipinski definition) is 2. The molecular formula is C12H13BrN2O3S2. The minimum atomic E-state index is -3.61. The van der Waals surface area contributed by atoms with Crippen LogP contribution in [-0.2, 0) is 23.1 Å². The van der Waals surface area contributed by atoms with Crippen LogP contribution in [0.5, 0.6) is 0 Å². The number of sulfonamides is 1. The van der Waals surface area contributed by atoms with E-state index in [2.05, 4.69) is 25.6 Å². The highest BCUT2D eigenvalue weighted by atomic mass is 79.9. The predicted molar refractivity (Wildman–Crippen MR) is 81.1 cm³/mol. The summed E-state index contributed by atoms with van der Waals surface area (Å²) in [6.45, 7) is 0.0798. The number of halogens is 1. The molecular weight excluding hydrogens is 364 g/mol. The van der Waals surface area contributed by atoms with Crippen molar-refractivity contribution in [1.82, 2.24) is 9.71 Å². The Balaban J connectivity index is 2.09. The van der Waals surface area contributed by atoms with Gasteiger partial charge in [0.05, 0.1) is 22.7 Å². The molecule has 0 amide bonds. The van der Waals surface area contributed by atoms with Crippen LogP contribution in [0.4, 0.5) is 0 Å². The molecule has 0 aliphatic heterocycles. The molecule has 0 saturated carbocycles. The number of nitrogens with one attached hydrogen (secondary N) is 1. The van der Waals surface area contributed by atoms with E-state index in [1.165, 1.54) is 17.4 Å². The number of thiazole rings is 1. The first kappa shape index (κ1) is 15.6. The van der Waals surface area contributed by atoms with Crippen molar-refractivity contribution in [1.29, 1.82) is 0 Å². The van der Waals surface area contributed by atoms with Crippen LogP contribution in [0.15, 0.2) is 38.5 Å². The van der Waals surface area contributed by atoms with E-state index in [9.17, 15) is 8.42 Å². The summed E-state index contributed by atoms with van der Waals surface area (Å²) in [5, 5.41) is 11.0. The van der Waals surface area contributed by atoms with Crippen LogP contribution in [0.2, 0.25) is 0 Å². The molecule has 8 heteroatoms. The molecule has 0 spiro atoms. The molecule has 0 saturated heterocycles. The topological polar surface area (TPSA) is 79.3 Å². The average molecular weight is 377 g/mol. The van der Waals surface area contributed by atoms with Gasteiger partial charge in [-0.1, -0.05) is 6.07 Å². The van der Waals surface area contributed by atoms with Crippen LogP contribution < -0.4 is 4.72 Å². The summed E-state index contributed by atoms with van der Waals surface area (Å²) in [6.07, 6.45) is 0.542. The highest BCUT2D eigenvalue weighted by Crippen LogP contribution is 2.23. The average Bonchev–Trinajstić information content (AvgIpc) is 2.92. The third-order valence-corrected chi connectivity index (χ3v) is 5.71. The predicted octanol–water partition coefficient (Wildman–Crippen LogP) is 1.92. The van der Waals surface area contributed by atoms with Crippen LogP contribution in [0, 0.1) is 0 Å². The Kier molecular flexibility index (Phi) is 5.28. The molecule has 0 aliphatic carbocycles. The smallest absolute Gasteiger partial charge is 0.241 e. The van der Waals surface area contributed by atoms with Crippen molar-refractivity contribution in [3.05, 3.63) is 44.8 Å². The third kappa shape index (κ3) is 3.86. The standard InChI is InChI=1S/C12H13BrN2O3S2/c13-11-2-1-9(6-16)5-12(11)20(17,18)15-4-3-10-7-19-8-14-10/h1-2,5,7-8,15-16H,3-4,6H2. The van der Waals surface area contributed by atoms with E-state index in [1.807, 2.05) is 5.38 Å². The number of hydrogen-bond acceptors (Lipinski definition) is 5. The van der Waals surface area contributed by atoms with Crippen molar-refractivity contribution in [3.63, 3.8) is 0 Å². The van der Waals surface area contributed by atoms with Gasteiger partial charge in [0.15, 0.2) is 0 Å². The maximum absolute atomic E-state index is 12.2. The SMILES string of the molecule is O=S(=O)(NCCc1cscn1)c1cc(CO)ccc1Br. The van der Waals surface area contributed by atoms with E-state index in [4.69, 9.17) is 5.11 Å². The van der Waals surface area contributed by atoms with E-state index >= 15 is 0 Å². The van der Waals surface area contributed by atoms with E-state index in [0.717, 1.165) is 5.69 Å². The molecule has 1 aromatic carbocycles. The molecule has 0 radical (unpaired) electrons. The van der Waals surface area contributed by atoms with Crippen LogP contribution in [0.1, 0.15) is 11.3 Å². The zero-order valence-corrected chi connectivity index (χ0v) is 13.6. The summed E-state index contributed by atoms with van der Waals surface area (Å²) < 4.78 is 27.4. The first-order valence-electron chi connectivity index (χ1n) is 5.79. The van der Waals surface area contributed by atoms with Crippen molar-refractivity contribution >= 4 is 37.3 Å². The monoisotopic (exact) mass is 376 g/mol. The van der Waals surface area contributed by atoms with Crippen molar-refractivity contribution in [2.24, 2.45) is 0 Å². The first-order chi connectivity index (χ1) is 9.53. The number of nitrogens with zero attached hydrogens (tertiary/aromatic N) is 1. The van der Waals surface area contributed by atoms with E-state index in [1.54, 1.807) is 17.6 Å². The molecule has 0 atom stereocenters. The van der Waals surface area contributed by atoms with Crippen molar-refractivity contribution in [3.8, 4) is 0 Å². The molecule has 0 fully saturated rings. The molecule has 2 rings (SSSR count). The summed E-state index contributed by atoms with van der Waals surface area (Å²) in [4.78, 5) is 4.22. The molecule has 1 heterocycles. The normalized spacial score (nSPS) is 11.7. The number of aliphatic hydroxyl groups excluding tert-OH is 1. The fourth-order valence-electron chi connectivity index (χ4n) is 1.60. The Labute approximate surface area is 129 Å². The van der Waals surface area contributed by atoms with Gasteiger partial charge in [-0.2, -0.15) is 0 Å². The molecule has 0 unspecified atom stereocenters.